The van der Waals surface area contributed by atoms with Gasteiger partial charge in [-0.05, 0) is 72.6 Å². The van der Waals surface area contributed by atoms with E-state index in [0.29, 0.717) is 12.4 Å². The first-order chi connectivity index (χ1) is 15.5. The van der Waals surface area contributed by atoms with E-state index in [2.05, 4.69) is 48.2 Å². The Labute approximate surface area is 191 Å². The second kappa shape index (κ2) is 11.3. The van der Waals surface area contributed by atoms with Crippen molar-refractivity contribution in [1.29, 1.82) is 0 Å². The van der Waals surface area contributed by atoms with Crippen LogP contribution in [-0.2, 0) is 4.79 Å². The Kier molecular flexibility index (Phi) is 8.23. The van der Waals surface area contributed by atoms with Crippen LogP contribution >= 0.6 is 0 Å². The number of rotatable bonds is 9. The van der Waals surface area contributed by atoms with Gasteiger partial charge in [0.1, 0.15) is 18.1 Å². The van der Waals surface area contributed by atoms with E-state index < -0.39 is 0 Å². The lowest BCUT2D eigenvalue weighted by atomic mass is 9.88. The molecule has 0 atom stereocenters. The molecule has 0 aliphatic carbocycles. The van der Waals surface area contributed by atoms with Gasteiger partial charge in [-0.1, -0.05) is 61.5 Å². The number of benzene rings is 3. The third-order valence-corrected chi connectivity index (χ3v) is 5.13. The van der Waals surface area contributed by atoms with E-state index in [1.165, 1.54) is 18.1 Å². The quantitative estimate of drug-likeness (QED) is 0.240. The number of nitrogens with zero attached hydrogens (tertiary/aromatic N) is 1. The molecule has 4 heteroatoms. The number of allylic oxidation sites excluding steroid dienone is 1. The van der Waals surface area contributed by atoms with E-state index in [1.807, 2.05) is 56.6 Å². The highest BCUT2D eigenvalue weighted by atomic mass is 16.5. The van der Waals surface area contributed by atoms with Crippen LogP contribution in [0.5, 0.6) is 11.5 Å². The zero-order valence-electron chi connectivity index (χ0n) is 19.3. The van der Waals surface area contributed by atoms with Gasteiger partial charge >= 0.3 is 5.97 Å². The minimum absolute atomic E-state index is 0.322. The standard InChI is InChI=1S/C28H31NO3/c1-5-27(22-9-7-6-8-10-22)28(24-13-17-26(18-14-24)32-21(2)30)23-11-15-25(16-12-23)31-20-19-29(3)4/h6-18H,5,19-20H2,1-4H3/b28-27-. The highest BCUT2D eigenvalue weighted by Crippen LogP contribution is 2.35. The van der Waals surface area contributed by atoms with Crippen LogP contribution in [0.4, 0.5) is 0 Å². The Morgan fingerprint density at radius 2 is 1.34 bits per heavy atom. The van der Waals surface area contributed by atoms with Crippen LogP contribution in [0, 0.1) is 0 Å². The largest absolute Gasteiger partial charge is 0.492 e. The second-order valence-electron chi connectivity index (χ2n) is 7.87. The first-order valence-electron chi connectivity index (χ1n) is 10.9. The summed E-state index contributed by atoms with van der Waals surface area (Å²) < 4.78 is 11.1. The zero-order valence-corrected chi connectivity index (χ0v) is 19.3. The summed E-state index contributed by atoms with van der Waals surface area (Å²) in [6, 6.07) is 26.4. The van der Waals surface area contributed by atoms with Crippen molar-refractivity contribution in [2.24, 2.45) is 0 Å². The number of likely N-dealkylation sites (N-methyl/N-ethyl adjacent to an activating group) is 1. The molecule has 3 rings (SSSR count). The molecule has 0 aliphatic rings. The fraction of sp³-hybridized carbons (Fsp3) is 0.250. The highest BCUT2D eigenvalue weighted by Gasteiger charge is 2.14. The summed E-state index contributed by atoms with van der Waals surface area (Å²) in [5, 5.41) is 0. The number of hydrogen-bond acceptors (Lipinski definition) is 4. The predicted octanol–water partition coefficient (Wildman–Crippen LogP) is 5.92. The fourth-order valence-corrected chi connectivity index (χ4v) is 3.60. The molecule has 0 radical (unpaired) electrons. The Balaban J connectivity index is 2.01. The molecule has 3 aromatic rings. The second-order valence-corrected chi connectivity index (χ2v) is 7.87. The summed E-state index contributed by atoms with van der Waals surface area (Å²) >= 11 is 0. The molecule has 4 nitrogen and oxygen atoms in total. The van der Waals surface area contributed by atoms with Gasteiger partial charge in [0, 0.05) is 13.5 Å². The van der Waals surface area contributed by atoms with Crippen molar-refractivity contribution in [3.63, 3.8) is 0 Å². The number of hydrogen-bond donors (Lipinski definition) is 0. The smallest absolute Gasteiger partial charge is 0.308 e. The van der Waals surface area contributed by atoms with Crippen LogP contribution in [-0.4, -0.2) is 38.1 Å². The van der Waals surface area contributed by atoms with E-state index in [4.69, 9.17) is 9.47 Å². The molecular weight excluding hydrogens is 398 g/mol. The summed E-state index contributed by atoms with van der Waals surface area (Å²) in [5.74, 6) is 1.08. The number of esters is 1. The molecule has 3 aromatic carbocycles. The lowest BCUT2D eigenvalue weighted by Gasteiger charge is -2.17. The van der Waals surface area contributed by atoms with Crippen LogP contribution in [0.25, 0.3) is 11.1 Å². The van der Waals surface area contributed by atoms with E-state index in [-0.39, 0.29) is 5.97 Å². The molecule has 0 spiro atoms. The molecule has 0 N–H and O–H groups in total. The minimum atomic E-state index is -0.322. The van der Waals surface area contributed by atoms with Gasteiger partial charge < -0.3 is 14.4 Å². The van der Waals surface area contributed by atoms with Crippen molar-refractivity contribution in [1.82, 2.24) is 4.90 Å². The van der Waals surface area contributed by atoms with Gasteiger partial charge in [0.05, 0.1) is 0 Å². The predicted molar refractivity (Wildman–Crippen MR) is 131 cm³/mol. The van der Waals surface area contributed by atoms with E-state index in [0.717, 1.165) is 35.4 Å². The molecule has 0 heterocycles. The summed E-state index contributed by atoms with van der Waals surface area (Å²) in [4.78, 5) is 13.4. The Hall–Kier alpha value is -3.37. The minimum Gasteiger partial charge on any atom is -0.492 e. The number of ether oxygens (including phenoxy) is 2. The van der Waals surface area contributed by atoms with Crippen molar-refractivity contribution >= 4 is 17.1 Å². The van der Waals surface area contributed by atoms with Gasteiger partial charge in [-0.3, -0.25) is 4.79 Å². The molecule has 0 bridgehead atoms. The average Bonchev–Trinajstić information content (AvgIpc) is 2.79. The normalized spacial score (nSPS) is 11.8. The van der Waals surface area contributed by atoms with Gasteiger partial charge in [0.25, 0.3) is 0 Å². The average molecular weight is 430 g/mol. The maximum Gasteiger partial charge on any atom is 0.308 e. The molecule has 0 saturated heterocycles. The first kappa shape index (κ1) is 23.3. The van der Waals surface area contributed by atoms with Crippen molar-refractivity contribution in [3.05, 3.63) is 95.6 Å². The van der Waals surface area contributed by atoms with E-state index in [9.17, 15) is 4.79 Å². The van der Waals surface area contributed by atoms with Crippen molar-refractivity contribution in [2.75, 3.05) is 27.2 Å². The van der Waals surface area contributed by atoms with Gasteiger partial charge in [-0.2, -0.15) is 0 Å². The molecule has 166 valence electrons. The fourth-order valence-electron chi connectivity index (χ4n) is 3.60. The summed E-state index contributed by atoms with van der Waals surface area (Å²) in [6.45, 7) is 5.10. The van der Waals surface area contributed by atoms with Gasteiger partial charge in [-0.25, -0.2) is 0 Å². The summed E-state index contributed by atoms with van der Waals surface area (Å²) in [5.41, 5.74) is 5.80. The molecule has 0 amide bonds. The monoisotopic (exact) mass is 429 g/mol. The molecule has 0 aromatic heterocycles. The zero-order chi connectivity index (χ0) is 22.9. The van der Waals surface area contributed by atoms with Crippen LogP contribution in [0.2, 0.25) is 0 Å². The third kappa shape index (κ3) is 6.32. The molecule has 0 fully saturated rings. The third-order valence-electron chi connectivity index (χ3n) is 5.13. The lowest BCUT2D eigenvalue weighted by Crippen LogP contribution is -2.19. The van der Waals surface area contributed by atoms with Crippen molar-refractivity contribution in [3.8, 4) is 11.5 Å². The highest BCUT2D eigenvalue weighted by molar-refractivity contribution is 5.98. The van der Waals surface area contributed by atoms with E-state index >= 15 is 0 Å². The Bertz CT molecular complexity index is 1040. The Morgan fingerprint density at radius 3 is 1.84 bits per heavy atom. The number of carbonyl (C=O) groups is 1. The number of carbonyl (C=O) groups excluding carboxylic acids is 1. The molecule has 32 heavy (non-hydrogen) atoms. The summed E-state index contributed by atoms with van der Waals surface area (Å²) in [6.07, 6.45) is 0.881. The van der Waals surface area contributed by atoms with E-state index in [1.54, 1.807) is 0 Å². The van der Waals surface area contributed by atoms with Gasteiger partial charge in [0.2, 0.25) is 0 Å². The van der Waals surface area contributed by atoms with Crippen LogP contribution in [0.3, 0.4) is 0 Å². The summed E-state index contributed by atoms with van der Waals surface area (Å²) in [7, 11) is 4.07. The van der Waals surface area contributed by atoms with Crippen molar-refractivity contribution in [2.45, 2.75) is 20.3 Å². The molecule has 0 unspecified atom stereocenters. The van der Waals surface area contributed by atoms with Crippen LogP contribution in [0.1, 0.15) is 37.0 Å². The first-order valence-corrected chi connectivity index (χ1v) is 10.9. The topological polar surface area (TPSA) is 38.8 Å². The molecule has 0 aliphatic heterocycles. The van der Waals surface area contributed by atoms with Crippen LogP contribution < -0.4 is 9.47 Å². The molecular formula is C28H31NO3. The van der Waals surface area contributed by atoms with Crippen molar-refractivity contribution < 1.29 is 14.3 Å². The maximum absolute atomic E-state index is 11.3. The SMILES string of the molecule is CC/C(=C(\c1ccc(OCCN(C)C)cc1)c1ccc(OC(C)=O)cc1)c1ccccc1. The van der Waals surface area contributed by atoms with Gasteiger partial charge in [-0.15, -0.1) is 0 Å². The lowest BCUT2D eigenvalue weighted by molar-refractivity contribution is -0.131. The molecule has 0 saturated carbocycles. The Morgan fingerprint density at radius 1 is 0.781 bits per heavy atom. The van der Waals surface area contributed by atoms with Crippen LogP contribution in [0.15, 0.2) is 78.9 Å². The maximum atomic E-state index is 11.3. The van der Waals surface area contributed by atoms with Gasteiger partial charge in [0.15, 0.2) is 0 Å².